The van der Waals surface area contributed by atoms with Crippen LogP contribution in [0.25, 0.3) is 0 Å². The Morgan fingerprint density at radius 2 is 1.77 bits per heavy atom. The summed E-state index contributed by atoms with van der Waals surface area (Å²) in [5.74, 6) is 0.289. The van der Waals surface area contributed by atoms with Gasteiger partial charge in [-0.2, -0.15) is 0 Å². The van der Waals surface area contributed by atoms with E-state index in [9.17, 15) is 14.4 Å². The van der Waals surface area contributed by atoms with Crippen molar-refractivity contribution < 1.29 is 14.3 Å². The maximum absolute atomic E-state index is 12.6. The predicted octanol–water partition coefficient (Wildman–Crippen LogP) is 1.93. The minimum Gasteiger partial charge on any atom is -0.490 e. The van der Waals surface area contributed by atoms with Crippen LogP contribution in [-0.2, 0) is 22.7 Å². The number of carbonyl (C=O) groups excluding carboxylic acids is 2. The van der Waals surface area contributed by atoms with Crippen LogP contribution in [0.15, 0.2) is 27.5 Å². The Morgan fingerprint density at radius 1 is 1.06 bits per heavy atom. The maximum Gasteiger partial charge on any atom is 0.267 e. The molecule has 2 atom stereocenters. The molecule has 2 saturated heterocycles. The van der Waals surface area contributed by atoms with Crippen molar-refractivity contribution in [2.24, 2.45) is 11.8 Å². The highest BCUT2D eigenvalue weighted by atomic mass is 79.9. The molecule has 1 aliphatic carbocycles. The van der Waals surface area contributed by atoms with Crippen LogP contribution >= 0.6 is 15.9 Å². The first-order valence-electron chi connectivity index (χ1n) is 10.7. The third-order valence-corrected chi connectivity index (χ3v) is 6.80. The first kappa shape index (κ1) is 20.5. The Bertz CT molecular complexity index is 1080. The quantitative estimate of drug-likeness (QED) is 0.605. The van der Waals surface area contributed by atoms with Gasteiger partial charge in [0.1, 0.15) is 11.9 Å². The van der Waals surface area contributed by atoms with Gasteiger partial charge in [-0.1, -0.05) is 15.9 Å². The van der Waals surface area contributed by atoms with E-state index in [0.29, 0.717) is 18.7 Å². The highest BCUT2D eigenvalue weighted by Gasteiger charge is 2.58. The van der Waals surface area contributed by atoms with Gasteiger partial charge in [0.05, 0.1) is 30.6 Å². The van der Waals surface area contributed by atoms with E-state index < -0.39 is 0 Å². The van der Waals surface area contributed by atoms with Gasteiger partial charge in [0.25, 0.3) is 5.56 Å². The summed E-state index contributed by atoms with van der Waals surface area (Å²) >= 11 is 3.55. The number of imide groups is 1. The van der Waals surface area contributed by atoms with Crippen molar-refractivity contribution in [1.29, 1.82) is 0 Å². The number of likely N-dealkylation sites (tertiary alicyclic amines) is 1. The van der Waals surface area contributed by atoms with Crippen LogP contribution in [0, 0.1) is 18.8 Å². The predicted molar refractivity (Wildman–Crippen MR) is 117 cm³/mol. The molecule has 9 heteroatoms. The van der Waals surface area contributed by atoms with E-state index in [4.69, 9.17) is 4.74 Å². The fourth-order valence-corrected chi connectivity index (χ4v) is 5.22. The number of fused-ring (bicyclic) bond motifs is 1. The Morgan fingerprint density at radius 3 is 2.48 bits per heavy atom. The lowest BCUT2D eigenvalue weighted by Crippen LogP contribution is -2.34. The summed E-state index contributed by atoms with van der Waals surface area (Å²) in [7, 11) is 0. The molecule has 3 fully saturated rings. The van der Waals surface area contributed by atoms with E-state index in [1.165, 1.54) is 15.6 Å². The number of aromatic amines is 1. The van der Waals surface area contributed by atoms with E-state index >= 15 is 0 Å². The van der Waals surface area contributed by atoms with Crippen LogP contribution in [0.3, 0.4) is 0 Å². The molecule has 2 amide bonds. The summed E-state index contributed by atoms with van der Waals surface area (Å²) in [5, 5.41) is 6.41. The third kappa shape index (κ3) is 3.96. The van der Waals surface area contributed by atoms with Crippen LogP contribution < -0.4 is 15.6 Å². The van der Waals surface area contributed by atoms with Gasteiger partial charge in [0.2, 0.25) is 11.8 Å². The van der Waals surface area contributed by atoms with Gasteiger partial charge in [-0.05, 0) is 57.0 Å². The van der Waals surface area contributed by atoms with E-state index in [0.717, 1.165) is 47.3 Å². The van der Waals surface area contributed by atoms with Crippen LogP contribution in [-0.4, -0.2) is 45.7 Å². The molecular formula is C22H25BrN4O4. The van der Waals surface area contributed by atoms with Crippen LogP contribution in [0.2, 0.25) is 0 Å². The number of amides is 2. The molecule has 3 heterocycles. The average Bonchev–Trinajstić information content (AvgIpc) is 3.41. The minimum atomic E-state index is -0.204. The number of nitrogens with zero attached hydrogens (tertiary/aromatic N) is 2. The van der Waals surface area contributed by atoms with Gasteiger partial charge in [0, 0.05) is 16.1 Å². The molecule has 164 valence electrons. The molecule has 3 aliphatic rings. The molecule has 0 radical (unpaired) electrons. The van der Waals surface area contributed by atoms with Gasteiger partial charge in [-0.25, -0.2) is 4.68 Å². The molecule has 2 N–H and O–H groups in total. The van der Waals surface area contributed by atoms with Crippen molar-refractivity contribution >= 4 is 27.7 Å². The number of halogens is 1. The molecule has 2 unspecified atom stereocenters. The van der Waals surface area contributed by atoms with Crippen molar-refractivity contribution in [2.45, 2.75) is 45.4 Å². The summed E-state index contributed by atoms with van der Waals surface area (Å²) in [6.07, 6.45) is 2.71. The smallest absolute Gasteiger partial charge is 0.267 e. The molecule has 2 aromatic rings. The number of aryl methyl sites for hydroxylation is 1. The molecule has 1 aromatic carbocycles. The van der Waals surface area contributed by atoms with Crippen LogP contribution in [0.5, 0.6) is 5.75 Å². The molecule has 1 aromatic heterocycles. The fraction of sp³-hybridized carbons (Fsp3) is 0.500. The number of rotatable bonds is 6. The van der Waals surface area contributed by atoms with Gasteiger partial charge < -0.3 is 10.1 Å². The zero-order valence-electron chi connectivity index (χ0n) is 17.3. The number of ether oxygens (including phenoxy) is 1. The molecule has 2 aliphatic heterocycles. The summed E-state index contributed by atoms with van der Waals surface area (Å²) in [6.45, 7) is 4.30. The number of H-pyrrole nitrogens is 1. The van der Waals surface area contributed by atoms with Crippen molar-refractivity contribution in [3.63, 3.8) is 0 Å². The third-order valence-electron chi connectivity index (χ3n) is 6.34. The highest BCUT2D eigenvalue weighted by molar-refractivity contribution is 9.10. The lowest BCUT2D eigenvalue weighted by Gasteiger charge is -2.26. The van der Waals surface area contributed by atoms with E-state index in [-0.39, 0.29) is 41.9 Å². The largest absolute Gasteiger partial charge is 0.490 e. The lowest BCUT2D eigenvalue weighted by atomic mass is 10.1. The Kier molecular flexibility index (Phi) is 5.26. The number of benzene rings is 1. The highest BCUT2D eigenvalue weighted by Crippen LogP contribution is 2.47. The monoisotopic (exact) mass is 488 g/mol. The van der Waals surface area contributed by atoms with Crippen molar-refractivity contribution in [3.05, 3.63) is 49.8 Å². The first-order chi connectivity index (χ1) is 14.9. The SMILES string of the molecule is Cc1cc(Br)cc(Cn2[nH]c(CN3C(=O)C4CC4C3=O)cc2=O)c1OC1CCNCC1. The summed E-state index contributed by atoms with van der Waals surface area (Å²) < 4.78 is 8.77. The minimum absolute atomic E-state index is 0.114. The Labute approximate surface area is 188 Å². The standard InChI is InChI=1S/C22H25BrN4O4/c1-12-6-14(23)7-13(20(12)31-16-2-4-24-5-3-16)10-27-19(28)8-15(25-27)11-26-21(29)17-9-18(17)22(26)30/h6-8,16-18,24-25H,2-5,9-11H2,1H3. The van der Waals surface area contributed by atoms with Gasteiger partial charge in [-0.15, -0.1) is 0 Å². The molecule has 0 spiro atoms. The molecular weight excluding hydrogens is 464 g/mol. The number of hydrogen-bond acceptors (Lipinski definition) is 5. The first-order valence-corrected chi connectivity index (χ1v) is 11.5. The van der Waals surface area contributed by atoms with E-state index in [1.54, 1.807) is 0 Å². The lowest BCUT2D eigenvalue weighted by molar-refractivity contribution is -0.142. The van der Waals surface area contributed by atoms with E-state index in [1.807, 2.05) is 19.1 Å². The molecule has 0 bridgehead atoms. The normalized spacial score (nSPS) is 23.4. The molecule has 1 saturated carbocycles. The van der Waals surface area contributed by atoms with Crippen molar-refractivity contribution in [3.8, 4) is 5.75 Å². The second kappa shape index (κ2) is 7.94. The van der Waals surface area contributed by atoms with Crippen molar-refractivity contribution in [1.82, 2.24) is 20.0 Å². The van der Waals surface area contributed by atoms with Crippen LogP contribution in [0.1, 0.15) is 36.1 Å². The van der Waals surface area contributed by atoms with Crippen molar-refractivity contribution in [2.75, 3.05) is 13.1 Å². The second-order valence-electron chi connectivity index (χ2n) is 8.70. The van der Waals surface area contributed by atoms with Crippen LogP contribution in [0.4, 0.5) is 0 Å². The zero-order chi connectivity index (χ0) is 21.7. The Hall–Kier alpha value is -2.39. The number of hydrogen-bond donors (Lipinski definition) is 2. The van der Waals surface area contributed by atoms with E-state index in [2.05, 4.69) is 26.3 Å². The Balaban J connectivity index is 1.36. The molecule has 31 heavy (non-hydrogen) atoms. The average molecular weight is 489 g/mol. The number of nitrogens with one attached hydrogen (secondary N) is 2. The maximum atomic E-state index is 12.6. The summed E-state index contributed by atoms with van der Waals surface area (Å²) in [5.41, 5.74) is 2.26. The number of piperidine rings is 2. The van der Waals surface area contributed by atoms with Gasteiger partial charge in [0.15, 0.2) is 0 Å². The summed E-state index contributed by atoms with van der Waals surface area (Å²) in [6, 6.07) is 5.44. The topological polar surface area (TPSA) is 96.4 Å². The number of aromatic nitrogens is 2. The zero-order valence-corrected chi connectivity index (χ0v) is 18.9. The van der Waals surface area contributed by atoms with Gasteiger partial charge >= 0.3 is 0 Å². The fourth-order valence-electron chi connectivity index (χ4n) is 4.60. The van der Waals surface area contributed by atoms with Gasteiger partial charge in [-0.3, -0.25) is 24.4 Å². The number of carbonyl (C=O) groups is 2. The second-order valence-corrected chi connectivity index (χ2v) is 9.61. The molecule has 5 rings (SSSR count). The molecule has 8 nitrogen and oxygen atoms in total. The summed E-state index contributed by atoms with van der Waals surface area (Å²) in [4.78, 5) is 38.3.